The van der Waals surface area contributed by atoms with Crippen LogP contribution in [-0.2, 0) is 6.54 Å². The second-order valence-corrected chi connectivity index (χ2v) is 6.21. The predicted octanol–water partition coefficient (Wildman–Crippen LogP) is 3.96. The highest BCUT2D eigenvalue weighted by atomic mass is 32.2. The van der Waals surface area contributed by atoms with Crippen molar-refractivity contribution in [2.45, 2.75) is 38.5 Å². The highest BCUT2D eigenvalue weighted by Crippen LogP contribution is 2.30. The zero-order valence-corrected chi connectivity index (χ0v) is 12.6. The minimum absolute atomic E-state index is 0.471. The minimum Gasteiger partial charge on any atom is -0.361 e. The van der Waals surface area contributed by atoms with Gasteiger partial charge in [0.1, 0.15) is 0 Å². The summed E-state index contributed by atoms with van der Waals surface area (Å²) in [5.41, 5.74) is 0.721. The Labute approximate surface area is 123 Å². The molecule has 1 aliphatic heterocycles. The first-order valence-corrected chi connectivity index (χ1v) is 7.90. The predicted molar refractivity (Wildman–Crippen MR) is 81.0 cm³/mol. The molecule has 0 amide bonds. The summed E-state index contributed by atoms with van der Waals surface area (Å²) in [7, 11) is 0. The normalized spacial score (nSPS) is 18.4. The summed E-state index contributed by atoms with van der Waals surface area (Å²) < 4.78 is 25.9. The second-order valence-electron chi connectivity index (χ2n) is 4.98. The Hall–Kier alpha value is -1.10. The van der Waals surface area contributed by atoms with Gasteiger partial charge >= 0.3 is 0 Å². The second kappa shape index (κ2) is 7.07. The number of rotatable bonds is 5. The van der Waals surface area contributed by atoms with E-state index in [0.717, 1.165) is 23.3 Å². The molecule has 110 valence electrons. The van der Waals surface area contributed by atoms with E-state index in [1.165, 1.54) is 18.9 Å². The molecule has 1 aromatic carbocycles. The van der Waals surface area contributed by atoms with E-state index in [1.54, 1.807) is 17.8 Å². The van der Waals surface area contributed by atoms with Gasteiger partial charge in [0.15, 0.2) is 16.8 Å². The highest BCUT2D eigenvalue weighted by molar-refractivity contribution is 8.14. The zero-order chi connectivity index (χ0) is 14.5. The number of amidine groups is 1. The van der Waals surface area contributed by atoms with Gasteiger partial charge in [-0.2, -0.15) is 0 Å². The maximum Gasteiger partial charge on any atom is 0.159 e. The van der Waals surface area contributed by atoms with E-state index in [4.69, 9.17) is 0 Å². The Bertz CT molecular complexity index is 487. The molecular formula is C15H20F2N2S. The van der Waals surface area contributed by atoms with Crippen molar-refractivity contribution in [3.05, 3.63) is 35.4 Å². The number of nitrogens with one attached hydrogen (secondary N) is 1. The van der Waals surface area contributed by atoms with Gasteiger partial charge in [0, 0.05) is 11.8 Å². The van der Waals surface area contributed by atoms with Crippen LogP contribution in [0.25, 0.3) is 0 Å². The van der Waals surface area contributed by atoms with Crippen LogP contribution in [0.5, 0.6) is 0 Å². The molecule has 1 heterocycles. The Kier molecular flexibility index (Phi) is 5.40. The Morgan fingerprint density at radius 3 is 2.70 bits per heavy atom. The van der Waals surface area contributed by atoms with Gasteiger partial charge in [0.2, 0.25) is 0 Å². The van der Waals surface area contributed by atoms with E-state index in [0.29, 0.717) is 17.7 Å². The van der Waals surface area contributed by atoms with E-state index in [-0.39, 0.29) is 0 Å². The number of hydrogen-bond donors (Lipinski definition) is 1. The topological polar surface area (TPSA) is 24.4 Å². The molecule has 2 nitrogen and oxygen atoms in total. The molecule has 0 saturated carbocycles. The summed E-state index contributed by atoms with van der Waals surface area (Å²) in [6.45, 7) is 5.73. The lowest BCUT2D eigenvalue weighted by atomic mass is 9.99. The van der Waals surface area contributed by atoms with Gasteiger partial charge < -0.3 is 5.32 Å². The van der Waals surface area contributed by atoms with Crippen molar-refractivity contribution >= 4 is 16.9 Å². The van der Waals surface area contributed by atoms with Crippen LogP contribution in [-0.4, -0.2) is 17.0 Å². The third-order valence-electron chi connectivity index (χ3n) is 3.68. The summed E-state index contributed by atoms with van der Waals surface area (Å²) in [6, 6.07) is 3.97. The fourth-order valence-corrected chi connectivity index (χ4v) is 3.69. The van der Waals surface area contributed by atoms with Crippen LogP contribution in [0, 0.1) is 17.6 Å². The summed E-state index contributed by atoms with van der Waals surface area (Å²) in [6.07, 6.45) is 2.33. The lowest BCUT2D eigenvalue weighted by Crippen LogP contribution is -2.21. The average Bonchev–Trinajstić information content (AvgIpc) is 2.90. The van der Waals surface area contributed by atoms with Gasteiger partial charge in [-0.15, -0.1) is 0 Å². The summed E-state index contributed by atoms with van der Waals surface area (Å²) in [5.74, 6) is -0.929. The van der Waals surface area contributed by atoms with E-state index in [1.807, 2.05) is 0 Å². The molecular weight excluding hydrogens is 278 g/mol. The van der Waals surface area contributed by atoms with Crippen molar-refractivity contribution < 1.29 is 8.78 Å². The molecule has 0 spiro atoms. The fraction of sp³-hybridized carbons (Fsp3) is 0.533. The SMILES string of the molecule is CCC(CC)C1CN=C(NCc2ccc(F)c(F)c2)S1. The van der Waals surface area contributed by atoms with Crippen LogP contribution in [0.2, 0.25) is 0 Å². The van der Waals surface area contributed by atoms with Crippen LogP contribution >= 0.6 is 11.8 Å². The molecule has 0 fully saturated rings. The van der Waals surface area contributed by atoms with Crippen LogP contribution in [0.15, 0.2) is 23.2 Å². The fourth-order valence-electron chi connectivity index (χ4n) is 2.38. The van der Waals surface area contributed by atoms with Gasteiger partial charge in [0.25, 0.3) is 0 Å². The summed E-state index contributed by atoms with van der Waals surface area (Å²) >= 11 is 1.77. The first-order valence-electron chi connectivity index (χ1n) is 7.03. The maximum absolute atomic E-state index is 13.1. The van der Waals surface area contributed by atoms with Crippen molar-refractivity contribution in [2.24, 2.45) is 10.9 Å². The lowest BCUT2D eigenvalue weighted by molar-refractivity contribution is 0.479. The van der Waals surface area contributed by atoms with Crippen molar-refractivity contribution in [2.75, 3.05) is 6.54 Å². The molecule has 1 unspecified atom stereocenters. The number of hydrogen-bond acceptors (Lipinski definition) is 3. The van der Waals surface area contributed by atoms with Crippen LogP contribution in [0.4, 0.5) is 8.78 Å². The van der Waals surface area contributed by atoms with Crippen LogP contribution in [0.3, 0.4) is 0 Å². The van der Waals surface area contributed by atoms with E-state index < -0.39 is 11.6 Å². The molecule has 5 heteroatoms. The Morgan fingerprint density at radius 2 is 2.05 bits per heavy atom. The van der Waals surface area contributed by atoms with Crippen molar-refractivity contribution in [1.29, 1.82) is 0 Å². The Balaban J connectivity index is 1.85. The number of aliphatic imine (C=N–C) groups is 1. The first-order chi connectivity index (χ1) is 9.63. The van der Waals surface area contributed by atoms with Gasteiger partial charge in [0.05, 0.1) is 6.54 Å². The molecule has 2 rings (SSSR count). The molecule has 1 aliphatic rings. The maximum atomic E-state index is 13.1. The monoisotopic (exact) mass is 298 g/mol. The number of benzene rings is 1. The molecule has 20 heavy (non-hydrogen) atoms. The van der Waals surface area contributed by atoms with Crippen molar-refractivity contribution in [1.82, 2.24) is 5.32 Å². The molecule has 0 saturated heterocycles. The van der Waals surface area contributed by atoms with Gasteiger partial charge in [-0.25, -0.2) is 8.78 Å². The zero-order valence-electron chi connectivity index (χ0n) is 11.8. The molecule has 0 bridgehead atoms. The van der Waals surface area contributed by atoms with Gasteiger partial charge in [-0.1, -0.05) is 44.5 Å². The third-order valence-corrected chi connectivity index (χ3v) is 5.01. The molecule has 0 aromatic heterocycles. The third kappa shape index (κ3) is 3.72. The van der Waals surface area contributed by atoms with Gasteiger partial charge in [-0.3, -0.25) is 4.99 Å². The smallest absolute Gasteiger partial charge is 0.159 e. The quantitative estimate of drug-likeness (QED) is 0.889. The molecule has 1 atom stereocenters. The van der Waals surface area contributed by atoms with Crippen LogP contribution < -0.4 is 5.32 Å². The van der Waals surface area contributed by atoms with E-state index >= 15 is 0 Å². The Morgan fingerprint density at radius 1 is 1.30 bits per heavy atom. The molecule has 0 radical (unpaired) electrons. The summed E-state index contributed by atoms with van der Waals surface area (Å²) in [4.78, 5) is 4.49. The number of halogens is 2. The molecule has 1 N–H and O–H groups in total. The summed E-state index contributed by atoms with van der Waals surface area (Å²) in [5, 5.41) is 4.65. The largest absolute Gasteiger partial charge is 0.361 e. The van der Waals surface area contributed by atoms with Crippen molar-refractivity contribution in [3.8, 4) is 0 Å². The number of thioether (sulfide) groups is 1. The number of nitrogens with zero attached hydrogens (tertiary/aromatic N) is 1. The lowest BCUT2D eigenvalue weighted by Gasteiger charge is -2.18. The van der Waals surface area contributed by atoms with E-state index in [2.05, 4.69) is 24.2 Å². The van der Waals surface area contributed by atoms with E-state index in [9.17, 15) is 8.78 Å². The van der Waals surface area contributed by atoms with Crippen molar-refractivity contribution in [3.63, 3.8) is 0 Å². The molecule has 1 aromatic rings. The average molecular weight is 298 g/mol. The molecule has 0 aliphatic carbocycles. The first kappa shape index (κ1) is 15.3. The standard InChI is InChI=1S/C15H20F2N2S/c1-3-11(4-2)14-9-19-15(20-14)18-8-10-5-6-12(16)13(17)7-10/h5-7,11,14H,3-4,8-9H2,1-2H3,(H,18,19). The van der Waals surface area contributed by atoms with Gasteiger partial charge in [-0.05, 0) is 23.6 Å². The highest BCUT2D eigenvalue weighted by Gasteiger charge is 2.25. The van der Waals surface area contributed by atoms with Crippen LogP contribution in [0.1, 0.15) is 32.3 Å². The minimum atomic E-state index is -0.810.